The molecule has 1 amide bonds. The first kappa shape index (κ1) is 24.8. The van der Waals surface area contributed by atoms with E-state index in [-0.39, 0.29) is 17.3 Å². The Morgan fingerprint density at radius 2 is 1.66 bits per heavy atom. The van der Waals surface area contributed by atoms with Crippen molar-refractivity contribution in [3.05, 3.63) is 88.5 Å². The van der Waals surface area contributed by atoms with Crippen molar-refractivity contribution in [1.82, 2.24) is 5.32 Å². The molecule has 0 spiro atoms. The Morgan fingerprint density at radius 1 is 0.943 bits per heavy atom. The number of fused-ring (bicyclic) bond motifs is 1. The van der Waals surface area contributed by atoms with Crippen molar-refractivity contribution in [2.45, 2.75) is 58.1 Å². The molecule has 0 saturated heterocycles. The van der Waals surface area contributed by atoms with Crippen molar-refractivity contribution < 1.29 is 17.9 Å². The third-order valence-corrected chi connectivity index (χ3v) is 8.19. The zero-order valence-corrected chi connectivity index (χ0v) is 21.5. The Morgan fingerprint density at radius 3 is 2.34 bits per heavy atom. The molecule has 35 heavy (non-hydrogen) atoms. The number of sulfonamides is 1. The quantitative estimate of drug-likeness (QED) is 0.519. The highest BCUT2D eigenvalue weighted by Gasteiger charge is 2.37. The number of ether oxygens (including phenoxy) is 1. The minimum atomic E-state index is -3.89. The molecule has 1 aliphatic heterocycles. The van der Waals surface area contributed by atoms with E-state index in [4.69, 9.17) is 4.74 Å². The average molecular weight is 493 g/mol. The third-order valence-electron chi connectivity index (χ3n) is 6.40. The fourth-order valence-corrected chi connectivity index (χ4v) is 5.74. The number of nitrogens with one attached hydrogen (secondary N) is 1. The molecule has 0 bridgehead atoms. The number of anilines is 1. The summed E-state index contributed by atoms with van der Waals surface area (Å²) >= 11 is 0. The minimum Gasteiger partial charge on any atom is -0.476 e. The monoisotopic (exact) mass is 492 g/mol. The smallest absolute Gasteiger partial charge is 0.264 e. The van der Waals surface area contributed by atoms with Crippen LogP contribution < -0.4 is 14.4 Å². The molecule has 0 aromatic heterocycles. The maximum atomic E-state index is 13.6. The van der Waals surface area contributed by atoms with E-state index in [0.717, 1.165) is 29.5 Å². The molecule has 1 atom stereocenters. The standard InChI is InChI=1S/C28H32N2O4S/c1-5-21-10-11-22(6-2)23(16-21)17-29-28(31)27-18-30(25-15-20(4)9-14-26(25)34-27)35(32,33)24-12-7-19(3)8-13-24/h7-16,27H,5-6,17-18H2,1-4H3,(H,29,31)/t27-/m1/s1. The fraction of sp³-hybridized carbons (Fsp3) is 0.321. The highest BCUT2D eigenvalue weighted by atomic mass is 32.2. The van der Waals surface area contributed by atoms with Crippen LogP contribution >= 0.6 is 0 Å². The molecular weight excluding hydrogens is 460 g/mol. The second kappa shape index (κ2) is 10.1. The van der Waals surface area contributed by atoms with Crippen molar-refractivity contribution in [3.63, 3.8) is 0 Å². The summed E-state index contributed by atoms with van der Waals surface area (Å²) in [5.41, 5.74) is 5.77. The number of hydrogen-bond acceptors (Lipinski definition) is 4. The van der Waals surface area contributed by atoms with Gasteiger partial charge in [-0.15, -0.1) is 0 Å². The summed E-state index contributed by atoms with van der Waals surface area (Å²) in [7, 11) is -3.89. The Labute approximate surface area is 208 Å². The van der Waals surface area contributed by atoms with Gasteiger partial charge in [-0.3, -0.25) is 9.10 Å². The number of carbonyl (C=O) groups is 1. The lowest BCUT2D eigenvalue weighted by Crippen LogP contribution is -2.50. The van der Waals surface area contributed by atoms with E-state index in [1.807, 2.05) is 19.9 Å². The molecule has 7 heteroatoms. The number of amides is 1. The van der Waals surface area contributed by atoms with Crippen LogP contribution in [-0.4, -0.2) is 27.0 Å². The molecule has 0 saturated carbocycles. The first-order chi connectivity index (χ1) is 16.7. The van der Waals surface area contributed by atoms with E-state index in [0.29, 0.717) is 18.0 Å². The van der Waals surface area contributed by atoms with E-state index in [1.165, 1.54) is 15.4 Å². The van der Waals surface area contributed by atoms with E-state index in [2.05, 4.69) is 37.4 Å². The van der Waals surface area contributed by atoms with Gasteiger partial charge in [0.25, 0.3) is 15.9 Å². The maximum absolute atomic E-state index is 13.6. The molecule has 1 N–H and O–H groups in total. The van der Waals surface area contributed by atoms with E-state index in [1.54, 1.807) is 36.4 Å². The lowest BCUT2D eigenvalue weighted by molar-refractivity contribution is -0.127. The van der Waals surface area contributed by atoms with Gasteiger partial charge in [-0.2, -0.15) is 0 Å². The highest BCUT2D eigenvalue weighted by molar-refractivity contribution is 7.92. The zero-order chi connectivity index (χ0) is 25.2. The van der Waals surface area contributed by atoms with Crippen LogP contribution in [0.1, 0.15) is 41.7 Å². The predicted octanol–water partition coefficient (Wildman–Crippen LogP) is 4.70. The molecule has 4 rings (SSSR count). The summed E-state index contributed by atoms with van der Waals surface area (Å²) in [4.78, 5) is 13.4. The molecule has 0 fully saturated rings. The molecule has 3 aromatic rings. The minimum absolute atomic E-state index is 0.103. The Kier molecular flexibility index (Phi) is 7.17. The van der Waals surface area contributed by atoms with Crippen molar-refractivity contribution in [2.24, 2.45) is 0 Å². The van der Waals surface area contributed by atoms with Gasteiger partial charge in [-0.1, -0.05) is 55.8 Å². The van der Waals surface area contributed by atoms with Crippen LogP contribution in [0.25, 0.3) is 0 Å². The number of nitrogens with zero attached hydrogens (tertiary/aromatic N) is 1. The molecular formula is C28H32N2O4S. The largest absolute Gasteiger partial charge is 0.476 e. The second-order valence-corrected chi connectivity index (χ2v) is 10.8. The van der Waals surface area contributed by atoms with Crippen LogP contribution in [0.3, 0.4) is 0 Å². The van der Waals surface area contributed by atoms with E-state index >= 15 is 0 Å². The Bertz CT molecular complexity index is 1330. The van der Waals surface area contributed by atoms with Crippen LogP contribution in [0.5, 0.6) is 5.75 Å². The molecule has 184 valence electrons. The van der Waals surface area contributed by atoms with Gasteiger partial charge in [0.05, 0.1) is 17.1 Å². The average Bonchev–Trinajstić information content (AvgIpc) is 2.86. The molecule has 0 aliphatic carbocycles. The number of benzene rings is 3. The summed E-state index contributed by atoms with van der Waals surface area (Å²) < 4.78 is 34.5. The predicted molar refractivity (Wildman–Crippen MR) is 138 cm³/mol. The van der Waals surface area contributed by atoms with Gasteiger partial charge in [0, 0.05) is 6.54 Å². The number of aryl methyl sites for hydroxylation is 4. The maximum Gasteiger partial charge on any atom is 0.264 e. The molecule has 0 radical (unpaired) electrons. The van der Waals surface area contributed by atoms with Crippen LogP contribution in [0, 0.1) is 13.8 Å². The lowest BCUT2D eigenvalue weighted by atomic mass is 10.0. The first-order valence-corrected chi connectivity index (χ1v) is 13.4. The van der Waals surface area contributed by atoms with Crippen molar-refractivity contribution in [3.8, 4) is 5.75 Å². The van der Waals surface area contributed by atoms with Gasteiger partial charge in [0.1, 0.15) is 5.75 Å². The molecule has 1 aliphatic rings. The molecule has 3 aromatic carbocycles. The number of carbonyl (C=O) groups excluding carboxylic acids is 1. The summed E-state index contributed by atoms with van der Waals surface area (Å²) in [6.07, 6.45) is 0.813. The number of hydrogen-bond donors (Lipinski definition) is 1. The topological polar surface area (TPSA) is 75.7 Å². The van der Waals surface area contributed by atoms with Gasteiger partial charge in [0.15, 0.2) is 6.10 Å². The van der Waals surface area contributed by atoms with Gasteiger partial charge >= 0.3 is 0 Å². The van der Waals surface area contributed by atoms with Crippen LogP contribution in [0.4, 0.5) is 5.69 Å². The summed E-state index contributed by atoms with van der Waals surface area (Å²) in [6.45, 7) is 8.25. The second-order valence-electron chi connectivity index (χ2n) is 8.95. The SMILES string of the molecule is CCc1ccc(CC)c(CNC(=O)[C@H]2CN(S(=O)(=O)c3ccc(C)cc3)c3cc(C)ccc3O2)c1. The summed E-state index contributed by atoms with van der Waals surface area (Å²) in [6, 6.07) is 18.4. The van der Waals surface area contributed by atoms with Crippen molar-refractivity contribution >= 4 is 21.6 Å². The third kappa shape index (κ3) is 5.20. The Balaban J connectivity index is 1.61. The molecule has 1 heterocycles. The Hall–Kier alpha value is -3.32. The van der Waals surface area contributed by atoms with Crippen LogP contribution in [-0.2, 0) is 34.2 Å². The summed E-state index contributed by atoms with van der Waals surface area (Å²) in [5.74, 6) is 0.0317. The number of rotatable bonds is 7. The summed E-state index contributed by atoms with van der Waals surface area (Å²) in [5, 5.41) is 2.97. The van der Waals surface area contributed by atoms with E-state index in [9.17, 15) is 13.2 Å². The van der Waals surface area contributed by atoms with Gasteiger partial charge in [-0.05, 0) is 73.2 Å². The first-order valence-electron chi connectivity index (χ1n) is 12.0. The highest BCUT2D eigenvalue weighted by Crippen LogP contribution is 2.37. The zero-order valence-electron chi connectivity index (χ0n) is 20.7. The van der Waals surface area contributed by atoms with Gasteiger partial charge in [0.2, 0.25) is 0 Å². The normalized spacial score (nSPS) is 15.3. The van der Waals surface area contributed by atoms with Crippen molar-refractivity contribution in [2.75, 3.05) is 10.8 Å². The molecule has 0 unspecified atom stereocenters. The van der Waals surface area contributed by atoms with E-state index < -0.39 is 16.1 Å². The van der Waals surface area contributed by atoms with Crippen LogP contribution in [0.15, 0.2) is 65.6 Å². The van der Waals surface area contributed by atoms with Crippen LogP contribution in [0.2, 0.25) is 0 Å². The lowest BCUT2D eigenvalue weighted by Gasteiger charge is -2.35. The molecule has 6 nitrogen and oxygen atoms in total. The fourth-order valence-electron chi connectivity index (χ4n) is 4.27. The van der Waals surface area contributed by atoms with Crippen molar-refractivity contribution in [1.29, 1.82) is 0 Å². The van der Waals surface area contributed by atoms with Gasteiger partial charge in [-0.25, -0.2) is 8.42 Å². The van der Waals surface area contributed by atoms with Gasteiger partial charge < -0.3 is 10.1 Å².